The van der Waals surface area contributed by atoms with Crippen molar-refractivity contribution >= 4 is 45.5 Å². The average molecular weight is 271 g/mol. The lowest BCUT2D eigenvalue weighted by molar-refractivity contribution is 1.14. The topological polar surface area (TPSA) is 50.9 Å². The Morgan fingerprint density at radius 1 is 1.50 bits per heavy atom. The number of aromatic nitrogens is 1. The molecule has 0 aliphatic carbocycles. The van der Waals surface area contributed by atoms with E-state index in [-0.39, 0.29) is 0 Å². The highest BCUT2D eigenvalue weighted by Gasteiger charge is 2.10. The van der Waals surface area contributed by atoms with Crippen LogP contribution in [-0.4, -0.2) is 10.6 Å². The van der Waals surface area contributed by atoms with Gasteiger partial charge in [0.2, 0.25) is 0 Å². The van der Waals surface area contributed by atoms with E-state index in [0.29, 0.717) is 5.82 Å². The number of thiophene rings is 1. The lowest BCUT2D eigenvalue weighted by Gasteiger charge is -2.04. The summed E-state index contributed by atoms with van der Waals surface area (Å²) >= 11 is 4.79. The molecule has 0 saturated carbocycles. The van der Waals surface area contributed by atoms with Crippen molar-refractivity contribution in [1.29, 1.82) is 0 Å². The molecule has 0 aliphatic rings. The Bertz CT molecular complexity index is 475. The van der Waals surface area contributed by atoms with E-state index in [9.17, 15) is 0 Å². The SMILES string of the molecule is CSc1c(N)nsc1NCc1cscc1C. The number of rotatable bonds is 4. The minimum Gasteiger partial charge on any atom is -0.382 e. The van der Waals surface area contributed by atoms with Crippen LogP contribution in [0.2, 0.25) is 0 Å². The van der Waals surface area contributed by atoms with Gasteiger partial charge in [-0.25, -0.2) is 0 Å². The van der Waals surface area contributed by atoms with Gasteiger partial charge in [-0.3, -0.25) is 0 Å². The number of nitrogens with two attached hydrogens (primary N) is 1. The maximum absolute atomic E-state index is 5.77. The zero-order valence-corrected chi connectivity index (χ0v) is 11.6. The van der Waals surface area contributed by atoms with Crippen molar-refractivity contribution in [2.45, 2.75) is 18.4 Å². The molecule has 0 amide bonds. The monoisotopic (exact) mass is 271 g/mol. The Kier molecular flexibility index (Phi) is 3.73. The van der Waals surface area contributed by atoms with Crippen molar-refractivity contribution in [3.8, 4) is 0 Å². The molecule has 0 radical (unpaired) electrons. The number of nitrogens with zero attached hydrogens (tertiary/aromatic N) is 1. The van der Waals surface area contributed by atoms with Crippen LogP contribution in [0.4, 0.5) is 10.8 Å². The minimum absolute atomic E-state index is 0.627. The fourth-order valence-electron chi connectivity index (χ4n) is 1.35. The first-order chi connectivity index (χ1) is 7.72. The zero-order valence-electron chi connectivity index (χ0n) is 9.11. The summed E-state index contributed by atoms with van der Waals surface area (Å²) in [6.45, 7) is 2.97. The molecule has 2 rings (SSSR count). The van der Waals surface area contributed by atoms with Crippen LogP contribution in [0.25, 0.3) is 0 Å². The molecule has 0 unspecified atom stereocenters. The molecule has 0 atom stereocenters. The molecule has 3 nitrogen and oxygen atoms in total. The molecule has 16 heavy (non-hydrogen) atoms. The van der Waals surface area contributed by atoms with E-state index >= 15 is 0 Å². The lowest BCUT2D eigenvalue weighted by Crippen LogP contribution is -1.98. The first-order valence-electron chi connectivity index (χ1n) is 4.77. The normalized spacial score (nSPS) is 10.6. The molecular formula is C10H13N3S3. The van der Waals surface area contributed by atoms with Crippen molar-refractivity contribution in [2.24, 2.45) is 0 Å². The van der Waals surface area contributed by atoms with Crippen LogP contribution < -0.4 is 11.1 Å². The number of nitrogens with one attached hydrogen (secondary N) is 1. The number of anilines is 2. The van der Waals surface area contributed by atoms with Crippen molar-refractivity contribution < 1.29 is 0 Å². The van der Waals surface area contributed by atoms with E-state index in [0.717, 1.165) is 16.4 Å². The highest BCUT2D eigenvalue weighted by molar-refractivity contribution is 7.99. The van der Waals surface area contributed by atoms with Crippen LogP contribution in [0.15, 0.2) is 15.7 Å². The van der Waals surface area contributed by atoms with Gasteiger partial charge in [-0.1, -0.05) is 0 Å². The highest BCUT2D eigenvalue weighted by Crippen LogP contribution is 2.34. The summed E-state index contributed by atoms with van der Waals surface area (Å²) in [5, 5.41) is 8.79. The Balaban J connectivity index is 2.07. The van der Waals surface area contributed by atoms with Crippen LogP contribution in [0.1, 0.15) is 11.1 Å². The molecule has 2 aromatic rings. The van der Waals surface area contributed by atoms with Crippen LogP contribution in [0.3, 0.4) is 0 Å². The van der Waals surface area contributed by atoms with Crippen molar-refractivity contribution in [3.63, 3.8) is 0 Å². The maximum atomic E-state index is 5.77. The Labute approximate surface area is 107 Å². The molecule has 0 saturated heterocycles. The van der Waals surface area contributed by atoms with E-state index in [4.69, 9.17) is 5.73 Å². The van der Waals surface area contributed by atoms with Gasteiger partial charge in [-0.15, -0.1) is 11.8 Å². The van der Waals surface area contributed by atoms with E-state index in [1.165, 1.54) is 22.7 Å². The van der Waals surface area contributed by atoms with Gasteiger partial charge in [0.15, 0.2) is 5.82 Å². The van der Waals surface area contributed by atoms with Crippen LogP contribution in [0, 0.1) is 6.92 Å². The molecule has 86 valence electrons. The average Bonchev–Trinajstić information content (AvgIpc) is 2.82. The van der Waals surface area contributed by atoms with Gasteiger partial charge in [-0.2, -0.15) is 15.7 Å². The second-order valence-electron chi connectivity index (χ2n) is 3.36. The first-order valence-corrected chi connectivity index (χ1v) is 7.71. The molecule has 2 heterocycles. The van der Waals surface area contributed by atoms with Gasteiger partial charge < -0.3 is 11.1 Å². The number of nitrogen functional groups attached to an aromatic ring is 1. The maximum Gasteiger partial charge on any atom is 0.153 e. The Hall–Kier alpha value is -0.720. The minimum atomic E-state index is 0.627. The standard InChI is InChI=1S/C10H13N3S3/c1-6-4-15-5-7(6)3-12-10-8(14-2)9(11)13-16-10/h4-5,12H,3H2,1-2H3,(H2,11,13). The third-order valence-corrected chi connectivity index (χ3v) is 4.96. The quantitative estimate of drug-likeness (QED) is 0.837. The van der Waals surface area contributed by atoms with E-state index in [2.05, 4.69) is 27.4 Å². The predicted octanol–water partition coefficient (Wildman–Crippen LogP) is 3.43. The van der Waals surface area contributed by atoms with Crippen molar-refractivity contribution in [2.75, 3.05) is 17.3 Å². The van der Waals surface area contributed by atoms with E-state index < -0.39 is 0 Å². The van der Waals surface area contributed by atoms with Gasteiger partial charge >= 0.3 is 0 Å². The summed E-state index contributed by atoms with van der Waals surface area (Å²) in [6, 6.07) is 0. The Morgan fingerprint density at radius 3 is 2.94 bits per heavy atom. The molecule has 0 bridgehead atoms. The number of hydrogen-bond donors (Lipinski definition) is 2. The summed E-state index contributed by atoms with van der Waals surface area (Å²) in [5.74, 6) is 0.627. The second-order valence-corrected chi connectivity index (χ2v) is 5.70. The van der Waals surface area contributed by atoms with E-state index in [1.54, 1.807) is 23.1 Å². The molecule has 3 N–H and O–H groups in total. The van der Waals surface area contributed by atoms with Crippen LogP contribution in [0.5, 0.6) is 0 Å². The van der Waals surface area contributed by atoms with Crippen molar-refractivity contribution in [3.05, 3.63) is 21.9 Å². The summed E-state index contributed by atoms with van der Waals surface area (Å²) < 4.78 is 4.15. The predicted molar refractivity (Wildman–Crippen MR) is 74.7 cm³/mol. The molecule has 2 aromatic heterocycles. The second kappa shape index (κ2) is 5.07. The van der Waals surface area contributed by atoms with Crippen molar-refractivity contribution in [1.82, 2.24) is 4.37 Å². The molecule has 0 spiro atoms. The van der Waals surface area contributed by atoms with Gasteiger partial charge in [-0.05, 0) is 46.6 Å². The lowest BCUT2D eigenvalue weighted by atomic mass is 10.2. The van der Waals surface area contributed by atoms with Gasteiger partial charge in [0.25, 0.3) is 0 Å². The van der Waals surface area contributed by atoms with E-state index in [1.807, 2.05) is 6.26 Å². The smallest absolute Gasteiger partial charge is 0.153 e. The van der Waals surface area contributed by atoms with Crippen LogP contribution in [-0.2, 0) is 6.54 Å². The summed E-state index contributed by atoms with van der Waals surface area (Å²) in [4.78, 5) is 1.05. The van der Waals surface area contributed by atoms with Gasteiger partial charge in [0.05, 0.1) is 4.90 Å². The largest absolute Gasteiger partial charge is 0.382 e. The molecular weight excluding hydrogens is 258 g/mol. The van der Waals surface area contributed by atoms with Crippen LogP contribution >= 0.6 is 34.6 Å². The third-order valence-electron chi connectivity index (χ3n) is 2.28. The Morgan fingerprint density at radius 2 is 2.31 bits per heavy atom. The fraction of sp³-hybridized carbons (Fsp3) is 0.300. The highest BCUT2D eigenvalue weighted by atomic mass is 32.2. The molecule has 0 aromatic carbocycles. The first kappa shape index (κ1) is 11.8. The zero-order chi connectivity index (χ0) is 11.5. The summed E-state index contributed by atoms with van der Waals surface area (Å²) in [7, 11) is 0. The molecule has 0 aliphatic heterocycles. The summed E-state index contributed by atoms with van der Waals surface area (Å²) in [5.41, 5.74) is 8.44. The number of hydrogen-bond acceptors (Lipinski definition) is 6. The molecule has 6 heteroatoms. The number of aryl methyl sites for hydroxylation is 1. The third kappa shape index (κ3) is 2.34. The fourth-order valence-corrected chi connectivity index (χ4v) is 3.74. The molecule has 0 fully saturated rings. The number of thioether (sulfide) groups is 1. The van der Waals surface area contributed by atoms with Gasteiger partial charge in [0, 0.05) is 6.54 Å². The van der Waals surface area contributed by atoms with Gasteiger partial charge in [0.1, 0.15) is 5.00 Å². The summed E-state index contributed by atoms with van der Waals surface area (Å²) in [6.07, 6.45) is 2.01.